The molecule has 0 unspecified atom stereocenters. The molecule has 6 nitrogen and oxygen atoms in total. The lowest BCUT2D eigenvalue weighted by Crippen LogP contribution is -2.32. The summed E-state index contributed by atoms with van der Waals surface area (Å²) in [6.07, 6.45) is 3.87. The Kier molecular flexibility index (Phi) is 4.52. The highest BCUT2D eigenvalue weighted by molar-refractivity contribution is 7.89. The van der Waals surface area contributed by atoms with Crippen LogP contribution in [-0.4, -0.2) is 31.4 Å². The van der Waals surface area contributed by atoms with Crippen molar-refractivity contribution in [1.29, 1.82) is 0 Å². The molecule has 0 amide bonds. The molecular formula is C16H21N3O3S. The zero-order chi connectivity index (χ0) is 16.4. The van der Waals surface area contributed by atoms with Crippen molar-refractivity contribution in [3.63, 3.8) is 0 Å². The van der Waals surface area contributed by atoms with Crippen LogP contribution in [0.1, 0.15) is 36.0 Å². The van der Waals surface area contributed by atoms with Crippen LogP contribution in [0.15, 0.2) is 39.8 Å². The molecule has 124 valence electrons. The van der Waals surface area contributed by atoms with E-state index in [2.05, 4.69) is 9.88 Å². The molecule has 1 saturated heterocycles. The van der Waals surface area contributed by atoms with E-state index in [0.29, 0.717) is 11.8 Å². The van der Waals surface area contributed by atoms with Crippen LogP contribution in [0, 0.1) is 6.92 Å². The number of hydrogen-bond acceptors (Lipinski definition) is 5. The third-order valence-electron chi connectivity index (χ3n) is 4.32. The first-order valence-corrected chi connectivity index (χ1v) is 9.23. The highest BCUT2D eigenvalue weighted by Gasteiger charge is 2.21. The number of hydrogen-bond donors (Lipinski definition) is 1. The molecule has 23 heavy (non-hydrogen) atoms. The highest BCUT2D eigenvalue weighted by atomic mass is 32.2. The van der Waals surface area contributed by atoms with Gasteiger partial charge in [0.05, 0.1) is 17.6 Å². The van der Waals surface area contributed by atoms with Crippen LogP contribution in [-0.2, 0) is 16.6 Å². The molecule has 0 radical (unpaired) electrons. The topological polar surface area (TPSA) is 89.4 Å². The number of likely N-dealkylation sites (tertiary alicyclic amines) is 1. The molecular weight excluding hydrogens is 314 g/mol. The van der Waals surface area contributed by atoms with Gasteiger partial charge in [-0.3, -0.25) is 4.90 Å². The Morgan fingerprint density at radius 1 is 1.26 bits per heavy atom. The molecule has 0 aliphatic carbocycles. The highest BCUT2D eigenvalue weighted by Crippen LogP contribution is 2.29. The van der Waals surface area contributed by atoms with Gasteiger partial charge in [-0.2, -0.15) is 0 Å². The fourth-order valence-electron chi connectivity index (χ4n) is 3.05. The summed E-state index contributed by atoms with van der Waals surface area (Å²) in [5, 5.41) is 5.13. The first-order valence-electron chi connectivity index (χ1n) is 7.68. The van der Waals surface area contributed by atoms with Gasteiger partial charge in [-0.05, 0) is 49.5 Å². The molecule has 1 fully saturated rings. The van der Waals surface area contributed by atoms with Gasteiger partial charge in [0.15, 0.2) is 5.89 Å². The monoisotopic (exact) mass is 335 g/mol. The molecule has 0 bridgehead atoms. The Morgan fingerprint density at radius 3 is 2.43 bits per heavy atom. The van der Waals surface area contributed by atoms with Gasteiger partial charge in [0.25, 0.3) is 0 Å². The van der Waals surface area contributed by atoms with Crippen LogP contribution in [0.3, 0.4) is 0 Å². The molecule has 1 aliphatic heterocycles. The van der Waals surface area contributed by atoms with E-state index < -0.39 is 10.0 Å². The average Bonchev–Trinajstić information content (AvgIpc) is 2.92. The Bertz CT molecular complexity index is 760. The number of oxazole rings is 1. The number of nitrogens with two attached hydrogens (primary N) is 1. The maximum Gasteiger partial charge on any atom is 0.238 e. The van der Waals surface area contributed by atoms with Crippen molar-refractivity contribution in [1.82, 2.24) is 9.88 Å². The summed E-state index contributed by atoms with van der Waals surface area (Å²) in [4.78, 5) is 6.64. The minimum absolute atomic E-state index is 0.166. The Hall–Kier alpha value is -1.70. The standard InChI is InChI=1S/C16H21N3O3S/c1-12-18-10-15(22-12)11-19-8-6-14(7-9-19)13-2-4-16(5-3-13)23(17,20)21/h2-5,10,14H,6-9,11H2,1H3,(H2,17,20,21). The van der Waals surface area contributed by atoms with Gasteiger partial charge in [0.1, 0.15) is 5.76 Å². The van der Waals surface area contributed by atoms with Gasteiger partial charge in [0.2, 0.25) is 10.0 Å². The molecule has 0 spiro atoms. The summed E-state index contributed by atoms with van der Waals surface area (Å²) < 4.78 is 28.1. The lowest BCUT2D eigenvalue weighted by atomic mass is 9.89. The fraction of sp³-hybridized carbons (Fsp3) is 0.438. The van der Waals surface area contributed by atoms with Gasteiger partial charge in [-0.15, -0.1) is 0 Å². The number of nitrogens with zero attached hydrogens (tertiary/aromatic N) is 2. The molecule has 2 N–H and O–H groups in total. The number of primary sulfonamides is 1. The van der Waals surface area contributed by atoms with Crippen LogP contribution >= 0.6 is 0 Å². The normalized spacial score (nSPS) is 17.5. The minimum Gasteiger partial charge on any atom is -0.445 e. The second-order valence-electron chi connectivity index (χ2n) is 6.01. The third-order valence-corrected chi connectivity index (χ3v) is 5.25. The van der Waals surface area contributed by atoms with Crippen molar-refractivity contribution in [3.05, 3.63) is 47.7 Å². The van der Waals surface area contributed by atoms with Gasteiger partial charge in [-0.25, -0.2) is 18.5 Å². The second kappa shape index (κ2) is 6.43. The Labute approximate surface area is 136 Å². The summed E-state index contributed by atoms with van der Waals surface area (Å²) in [6.45, 7) is 4.61. The zero-order valence-electron chi connectivity index (χ0n) is 13.1. The van der Waals surface area contributed by atoms with Crippen molar-refractivity contribution in [2.24, 2.45) is 5.14 Å². The smallest absolute Gasteiger partial charge is 0.238 e. The molecule has 1 aliphatic rings. The molecule has 1 aromatic carbocycles. The largest absolute Gasteiger partial charge is 0.445 e. The molecule has 3 rings (SSSR count). The van der Waals surface area contributed by atoms with Crippen LogP contribution in [0.25, 0.3) is 0 Å². The van der Waals surface area contributed by atoms with E-state index in [9.17, 15) is 8.42 Å². The maximum absolute atomic E-state index is 11.3. The number of sulfonamides is 1. The number of aromatic nitrogens is 1. The summed E-state index contributed by atoms with van der Waals surface area (Å²) in [7, 11) is -3.62. The number of benzene rings is 1. The second-order valence-corrected chi connectivity index (χ2v) is 7.57. The molecule has 0 saturated carbocycles. The van der Waals surface area contributed by atoms with Gasteiger partial charge < -0.3 is 4.42 Å². The molecule has 2 aromatic rings. The quantitative estimate of drug-likeness (QED) is 0.923. The molecule has 0 atom stereocenters. The van der Waals surface area contributed by atoms with E-state index in [0.717, 1.165) is 38.2 Å². The summed E-state index contributed by atoms with van der Waals surface area (Å²) in [5.74, 6) is 2.06. The number of piperidine rings is 1. The predicted octanol–water partition coefficient (Wildman–Crippen LogP) is 2.01. The Balaban J connectivity index is 1.58. The van der Waals surface area contributed by atoms with E-state index in [1.807, 2.05) is 19.1 Å². The van der Waals surface area contributed by atoms with E-state index in [4.69, 9.17) is 9.56 Å². The van der Waals surface area contributed by atoms with Gasteiger partial charge in [-0.1, -0.05) is 12.1 Å². The van der Waals surface area contributed by atoms with Crippen molar-refractivity contribution in [2.45, 2.75) is 37.1 Å². The first-order chi connectivity index (χ1) is 10.9. The summed E-state index contributed by atoms with van der Waals surface area (Å²) >= 11 is 0. The van der Waals surface area contributed by atoms with Crippen LogP contribution in [0.5, 0.6) is 0 Å². The van der Waals surface area contributed by atoms with E-state index in [1.165, 1.54) is 5.56 Å². The molecule has 1 aromatic heterocycles. The number of aryl methyl sites for hydroxylation is 1. The third kappa shape index (κ3) is 3.99. The zero-order valence-corrected chi connectivity index (χ0v) is 13.9. The van der Waals surface area contributed by atoms with Crippen LogP contribution in [0.4, 0.5) is 0 Å². The summed E-state index contributed by atoms with van der Waals surface area (Å²) in [5.41, 5.74) is 1.17. The van der Waals surface area contributed by atoms with Crippen LogP contribution < -0.4 is 5.14 Å². The lowest BCUT2D eigenvalue weighted by Gasteiger charge is -2.31. The average molecular weight is 335 g/mol. The van der Waals surface area contributed by atoms with E-state index in [1.54, 1.807) is 18.3 Å². The number of rotatable bonds is 4. The first kappa shape index (κ1) is 16.2. The summed E-state index contributed by atoms with van der Waals surface area (Å²) in [6, 6.07) is 6.93. The predicted molar refractivity (Wildman–Crippen MR) is 86.3 cm³/mol. The van der Waals surface area contributed by atoms with Crippen molar-refractivity contribution < 1.29 is 12.8 Å². The van der Waals surface area contributed by atoms with Crippen LogP contribution in [0.2, 0.25) is 0 Å². The van der Waals surface area contributed by atoms with E-state index in [-0.39, 0.29) is 4.90 Å². The lowest BCUT2D eigenvalue weighted by molar-refractivity contribution is 0.190. The molecule has 2 heterocycles. The Morgan fingerprint density at radius 2 is 1.91 bits per heavy atom. The maximum atomic E-state index is 11.3. The minimum atomic E-state index is -3.62. The van der Waals surface area contributed by atoms with Crippen molar-refractivity contribution >= 4 is 10.0 Å². The fourth-order valence-corrected chi connectivity index (χ4v) is 3.57. The van der Waals surface area contributed by atoms with Gasteiger partial charge >= 0.3 is 0 Å². The van der Waals surface area contributed by atoms with Gasteiger partial charge in [0, 0.05) is 6.92 Å². The van der Waals surface area contributed by atoms with E-state index >= 15 is 0 Å². The van der Waals surface area contributed by atoms with Crippen molar-refractivity contribution in [3.8, 4) is 0 Å². The SMILES string of the molecule is Cc1ncc(CN2CCC(c3ccc(S(N)(=O)=O)cc3)CC2)o1. The van der Waals surface area contributed by atoms with Crippen molar-refractivity contribution in [2.75, 3.05) is 13.1 Å². The molecule has 7 heteroatoms.